The number of aromatic nitrogens is 1. The SMILES string of the molecule is CCC(C)N(C)CCC(N)c1ccc(F)cn1. The van der Waals surface area contributed by atoms with E-state index >= 15 is 0 Å². The molecule has 1 rings (SSSR count). The third-order valence-electron chi connectivity index (χ3n) is 3.27. The quantitative estimate of drug-likeness (QED) is 0.828. The Bertz CT molecular complexity index is 326. The van der Waals surface area contributed by atoms with E-state index < -0.39 is 0 Å². The molecule has 4 heteroatoms. The molecule has 0 fully saturated rings. The van der Waals surface area contributed by atoms with Gasteiger partial charge in [-0.25, -0.2) is 4.39 Å². The predicted molar refractivity (Wildman–Crippen MR) is 68.1 cm³/mol. The van der Waals surface area contributed by atoms with Gasteiger partial charge in [0.25, 0.3) is 0 Å². The molecule has 17 heavy (non-hydrogen) atoms. The second-order valence-corrected chi connectivity index (χ2v) is 4.53. The van der Waals surface area contributed by atoms with E-state index in [1.165, 1.54) is 12.3 Å². The van der Waals surface area contributed by atoms with E-state index in [-0.39, 0.29) is 11.9 Å². The van der Waals surface area contributed by atoms with E-state index in [0.29, 0.717) is 6.04 Å². The molecule has 0 amide bonds. The van der Waals surface area contributed by atoms with Gasteiger partial charge in [0.05, 0.1) is 11.9 Å². The average molecular weight is 239 g/mol. The Balaban J connectivity index is 2.44. The largest absolute Gasteiger partial charge is 0.323 e. The molecule has 1 heterocycles. The van der Waals surface area contributed by atoms with Gasteiger partial charge in [0, 0.05) is 12.1 Å². The van der Waals surface area contributed by atoms with Crippen LogP contribution in [0.2, 0.25) is 0 Å². The van der Waals surface area contributed by atoms with Crippen LogP contribution in [0.5, 0.6) is 0 Å². The van der Waals surface area contributed by atoms with Crippen molar-refractivity contribution in [3.63, 3.8) is 0 Å². The van der Waals surface area contributed by atoms with Crippen LogP contribution in [-0.2, 0) is 0 Å². The molecule has 0 radical (unpaired) electrons. The predicted octanol–water partition coefficient (Wildman–Crippen LogP) is 2.34. The topological polar surface area (TPSA) is 42.1 Å². The lowest BCUT2D eigenvalue weighted by Gasteiger charge is -2.24. The first-order valence-corrected chi connectivity index (χ1v) is 6.11. The maximum atomic E-state index is 12.7. The molecule has 3 nitrogen and oxygen atoms in total. The van der Waals surface area contributed by atoms with Crippen LogP contribution < -0.4 is 5.73 Å². The van der Waals surface area contributed by atoms with E-state index in [4.69, 9.17) is 5.73 Å². The number of hydrogen-bond donors (Lipinski definition) is 1. The van der Waals surface area contributed by atoms with E-state index in [1.807, 2.05) is 0 Å². The highest BCUT2D eigenvalue weighted by atomic mass is 19.1. The summed E-state index contributed by atoms with van der Waals surface area (Å²) < 4.78 is 12.7. The molecule has 0 spiro atoms. The molecule has 2 atom stereocenters. The van der Waals surface area contributed by atoms with Gasteiger partial charge in [0.15, 0.2) is 0 Å². The molecule has 0 saturated heterocycles. The van der Waals surface area contributed by atoms with Crippen molar-refractivity contribution in [3.8, 4) is 0 Å². The van der Waals surface area contributed by atoms with E-state index in [9.17, 15) is 4.39 Å². The van der Waals surface area contributed by atoms with Crippen LogP contribution in [0.4, 0.5) is 4.39 Å². The fourth-order valence-electron chi connectivity index (χ4n) is 1.63. The molecule has 0 aliphatic carbocycles. The minimum absolute atomic E-state index is 0.123. The summed E-state index contributed by atoms with van der Waals surface area (Å²) in [5.74, 6) is -0.322. The van der Waals surface area contributed by atoms with E-state index in [0.717, 1.165) is 25.1 Å². The highest BCUT2D eigenvalue weighted by molar-refractivity contribution is 5.09. The summed E-state index contributed by atoms with van der Waals surface area (Å²) in [5.41, 5.74) is 6.78. The Kier molecular flexibility index (Phi) is 5.51. The molecular weight excluding hydrogens is 217 g/mol. The molecule has 0 bridgehead atoms. The van der Waals surface area contributed by atoms with Crippen LogP contribution in [0.15, 0.2) is 18.3 Å². The van der Waals surface area contributed by atoms with E-state index in [1.54, 1.807) is 6.07 Å². The smallest absolute Gasteiger partial charge is 0.141 e. The third-order valence-corrected chi connectivity index (χ3v) is 3.27. The van der Waals surface area contributed by atoms with Crippen molar-refractivity contribution in [2.24, 2.45) is 5.73 Å². The first-order valence-electron chi connectivity index (χ1n) is 6.11. The maximum absolute atomic E-state index is 12.7. The van der Waals surface area contributed by atoms with Crippen LogP contribution in [0.1, 0.15) is 38.4 Å². The maximum Gasteiger partial charge on any atom is 0.141 e. The second-order valence-electron chi connectivity index (χ2n) is 4.53. The zero-order chi connectivity index (χ0) is 12.8. The Hall–Kier alpha value is -1.00. The van der Waals surface area contributed by atoms with Crippen LogP contribution in [0, 0.1) is 5.82 Å². The molecule has 0 aliphatic rings. The van der Waals surface area contributed by atoms with Crippen LogP contribution in [0.3, 0.4) is 0 Å². The lowest BCUT2D eigenvalue weighted by atomic mass is 10.1. The van der Waals surface area contributed by atoms with Gasteiger partial charge in [0.1, 0.15) is 5.82 Å². The highest BCUT2D eigenvalue weighted by Crippen LogP contribution is 2.13. The lowest BCUT2D eigenvalue weighted by Crippen LogP contribution is -2.31. The molecule has 1 aromatic rings. The number of nitrogens with zero attached hydrogens (tertiary/aromatic N) is 2. The van der Waals surface area contributed by atoms with Crippen molar-refractivity contribution < 1.29 is 4.39 Å². The number of hydrogen-bond acceptors (Lipinski definition) is 3. The molecule has 2 unspecified atom stereocenters. The summed E-state index contributed by atoms with van der Waals surface area (Å²) in [6, 6.07) is 3.49. The summed E-state index contributed by atoms with van der Waals surface area (Å²) >= 11 is 0. The zero-order valence-corrected chi connectivity index (χ0v) is 10.9. The Morgan fingerprint density at radius 2 is 2.18 bits per heavy atom. The van der Waals surface area contributed by atoms with Gasteiger partial charge in [-0.05, 0) is 45.5 Å². The first-order chi connectivity index (χ1) is 8.04. The summed E-state index contributed by atoms with van der Waals surface area (Å²) in [5, 5.41) is 0. The van der Waals surface area contributed by atoms with Gasteiger partial charge >= 0.3 is 0 Å². The van der Waals surface area contributed by atoms with Crippen molar-refractivity contribution in [2.75, 3.05) is 13.6 Å². The number of pyridine rings is 1. The third kappa shape index (κ3) is 4.40. The van der Waals surface area contributed by atoms with Gasteiger partial charge in [-0.3, -0.25) is 4.98 Å². The van der Waals surface area contributed by atoms with Crippen molar-refractivity contribution in [3.05, 3.63) is 29.8 Å². The fraction of sp³-hybridized carbons (Fsp3) is 0.615. The molecule has 0 aliphatic heterocycles. The first kappa shape index (κ1) is 14.1. The van der Waals surface area contributed by atoms with Crippen molar-refractivity contribution >= 4 is 0 Å². The van der Waals surface area contributed by atoms with Gasteiger partial charge in [-0.2, -0.15) is 0 Å². The monoisotopic (exact) mass is 239 g/mol. The number of rotatable bonds is 6. The minimum Gasteiger partial charge on any atom is -0.323 e. The standard InChI is InChI=1S/C13H22FN3/c1-4-10(2)17(3)8-7-12(15)13-6-5-11(14)9-16-13/h5-6,9-10,12H,4,7-8,15H2,1-3H3. The Morgan fingerprint density at radius 3 is 2.71 bits per heavy atom. The summed E-state index contributed by atoms with van der Waals surface area (Å²) in [7, 11) is 2.10. The van der Waals surface area contributed by atoms with Crippen LogP contribution >= 0.6 is 0 Å². The molecule has 1 aromatic heterocycles. The lowest BCUT2D eigenvalue weighted by molar-refractivity contribution is 0.242. The average Bonchev–Trinajstić information content (AvgIpc) is 2.35. The molecular formula is C13H22FN3. The normalized spacial score (nSPS) is 14.9. The fourth-order valence-corrected chi connectivity index (χ4v) is 1.63. The minimum atomic E-state index is -0.322. The van der Waals surface area contributed by atoms with Crippen LogP contribution in [-0.4, -0.2) is 29.5 Å². The van der Waals surface area contributed by atoms with Gasteiger partial charge in [0.2, 0.25) is 0 Å². The summed E-state index contributed by atoms with van der Waals surface area (Å²) in [6.45, 7) is 5.29. The molecule has 96 valence electrons. The number of nitrogens with two attached hydrogens (primary N) is 1. The second kappa shape index (κ2) is 6.67. The van der Waals surface area contributed by atoms with Crippen molar-refractivity contribution in [2.45, 2.75) is 38.8 Å². The Morgan fingerprint density at radius 1 is 1.47 bits per heavy atom. The van der Waals surface area contributed by atoms with Crippen molar-refractivity contribution in [1.82, 2.24) is 9.88 Å². The zero-order valence-electron chi connectivity index (χ0n) is 10.9. The Labute approximate surface area is 103 Å². The molecule has 0 saturated carbocycles. The molecule has 0 aromatic carbocycles. The van der Waals surface area contributed by atoms with Crippen LogP contribution in [0.25, 0.3) is 0 Å². The van der Waals surface area contributed by atoms with Crippen molar-refractivity contribution in [1.29, 1.82) is 0 Å². The summed E-state index contributed by atoms with van der Waals surface area (Å²) in [4.78, 5) is 6.28. The molecule has 2 N–H and O–H groups in total. The van der Waals surface area contributed by atoms with Gasteiger partial charge in [-0.1, -0.05) is 6.92 Å². The summed E-state index contributed by atoms with van der Waals surface area (Å²) in [6.07, 6.45) is 3.17. The number of halogens is 1. The van der Waals surface area contributed by atoms with Gasteiger partial charge < -0.3 is 10.6 Å². The highest BCUT2D eigenvalue weighted by Gasteiger charge is 2.11. The van der Waals surface area contributed by atoms with Gasteiger partial charge in [-0.15, -0.1) is 0 Å². The van der Waals surface area contributed by atoms with E-state index in [2.05, 4.69) is 30.8 Å².